The van der Waals surface area contributed by atoms with Gasteiger partial charge in [0.05, 0.1) is 17.1 Å². The van der Waals surface area contributed by atoms with Gasteiger partial charge in [0.25, 0.3) is 5.91 Å². The zero-order valence-corrected chi connectivity index (χ0v) is 18.5. The number of aryl methyl sites for hydroxylation is 1. The summed E-state index contributed by atoms with van der Waals surface area (Å²) in [5.74, 6) is -1.07. The summed E-state index contributed by atoms with van der Waals surface area (Å²) < 4.78 is 86.2. The second kappa shape index (κ2) is 8.37. The van der Waals surface area contributed by atoms with Gasteiger partial charge in [0.2, 0.25) is 10.0 Å². The largest absolute Gasteiger partial charge is 0.416 e. The van der Waals surface area contributed by atoms with Gasteiger partial charge in [0.1, 0.15) is 11.5 Å². The predicted molar refractivity (Wildman–Crippen MR) is 110 cm³/mol. The van der Waals surface area contributed by atoms with Gasteiger partial charge >= 0.3 is 6.18 Å². The summed E-state index contributed by atoms with van der Waals surface area (Å²) in [5, 5.41) is 0. The average Bonchev–Trinajstić information content (AvgIpc) is 3.19. The Bertz CT molecular complexity index is 1180. The molecule has 0 N–H and O–H groups in total. The van der Waals surface area contributed by atoms with E-state index in [9.17, 15) is 30.8 Å². The standard InChI is InChI=1S/C22H22F4N2O4S/c1-15-13-18(5-6-19(15)23)33(30,31)28-11-12-32-21(28)7-9-27(10-8-21)20(29)16-3-2-4-17(14-16)22(24,25)26/h2-6,13-14H,7-12H2,1H3. The minimum absolute atomic E-state index is 0.0475. The molecule has 4 rings (SSSR count). The van der Waals surface area contributed by atoms with Gasteiger partial charge in [0, 0.05) is 38.0 Å². The van der Waals surface area contributed by atoms with Crippen molar-refractivity contribution in [3.8, 4) is 0 Å². The Kier molecular flexibility index (Phi) is 6.00. The lowest BCUT2D eigenvalue weighted by Gasteiger charge is -2.42. The van der Waals surface area contributed by atoms with E-state index in [0.717, 1.165) is 18.2 Å². The topological polar surface area (TPSA) is 66.9 Å². The molecule has 0 aliphatic carbocycles. The van der Waals surface area contributed by atoms with Crippen molar-refractivity contribution in [3.63, 3.8) is 0 Å². The van der Waals surface area contributed by atoms with E-state index in [2.05, 4.69) is 0 Å². The van der Waals surface area contributed by atoms with Crippen molar-refractivity contribution in [2.75, 3.05) is 26.2 Å². The molecule has 0 unspecified atom stereocenters. The summed E-state index contributed by atoms with van der Waals surface area (Å²) in [6.07, 6.45) is -4.23. The molecular formula is C22H22F4N2O4S. The minimum Gasteiger partial charge on any atom is -0.358 e. The molecule has 11 heteroatoms. The molecule has 0 saturated carbocycles. The number of ether oxygens (including phenoxy) is 1. The van der Waals surface area contributed by atoms with Crippen LogP contribution in [0.1, 0.15) is 34.3 Å². The number of alkyl halides is 3. The summed E-state index contributed by atoms with van der Waals surface area (Å²) in [6.45, 7) is 1.98. The first-order chi connectivity index (χ1) is 15.4. The van der Waals surface area contributed by atoms with E-state index in [4.69, 9.17) is 4.74 Å². The fourth-order valence-electron chi connectivity index (χ4n) is 4.30. The second-order valence-corrected chi connectivity index (χ2v) is 10.0. The van der Waals surface area contributed by atoms with Crippen molar-refractivity contribution < 1.29 is 35.5 Å². The normalized spacial score (nSPS) is 19.2. The number of likely N-dealkylation sites (tertiary alicyclic amines) is 1. The van der Waals surface area contributed by atoms with Gasteiger partial charge in [-0.3, -0.25) is 4.79 Å². The van der Waals surface area contributed by atoms with Crippen molar-refractivity contribution in [2.24, 2.45) is 0 Å². The molecule has 2 aliphatic rings. The number of hydrogen-bond donors (Lipinski definition) is 0. The maximum atomic E-state index is 13.6. The molecular weight excluding hydrogens is 464 g/mol. The molecule has 6 nitrogen and oxygen atoms in total. The first-order valence-electron chi connectivity index (χ1n) is 10.3. The zero-order chi connectivity index (χ0) is 24.0. The number of rotatable bonds is 3. The molecule has 2 fully saturated rings. The van der Waals surface area contributed by atoms with Crippen LogP contribution in [0.25, 0.3) is 0 Å². The molecule has 2 heterocycles. The quantitative estimate of drug-likeness (QED) is 0.619. The van der Waals surface area contributed by atoms with Crippen LogP contribution in [0.2, 0.25) is 0 Å². The molecule has 0 radical (unpaired) electrons. The van der Waals surface area contributed by atoms with Gasteiger partial charge in [-0.1, -0.05) is 6.07 Å². The highest BCUT2D eigenvalue weighted by Crippen LogP contribution is 2.39. The first-order valence-corrected chi connectivity index (χ1v) is 11.8. The van der Waals surface area contributed by atoms with Crippen LogP contribution >= 0.6 is 0 Å². The van der Waals surface area contributed by atoms with Crippen LogP contribution in [-0.4, -0.2) is 55.5 Å². The highest BCUT2D eigenvalue weighted by atomic mass is 32.2. The van der Waals surface area contributed by atoms with E-state index < -0.39 is 39.2 Å². The smallest absolute Gasteiger partial charge is 0.358 e. The van der Waals surface area contributed by atoms with Crippen LogP contribution in [-0.2, 0) is 20.9 Å². The van der Waals surface area contributed by atoms with Gasteiger partial charge in [-0.05, 0) is 48.9 Å². The maximum absolute atomic E-state index is 13.6. The highest BCUT2D eigenvalue weighted by Gasteiger charge is 2.51. The van der Waals surface area contributed by atoms with E-state index in [0.29, 0.717) is 0 Å². The molecule has 2 aliphatic heterocycles. The molecule has 1 amide bonds. The van der Waals surface area contributed by atoms with Gasteiger partial charge < -0.3 is 9.64 Å². The lowest BCUT2D eigenvalue weighted by Crippen LogP contribution is -2.55. The molecule has 2 aromatic carbocycles. The minimum atomic E-state index is -4.56. The van der Waals surface area contributed by atoms with Gasteiger partial charge in [-0.2, -0.15) is 17.5 Å². The predicted octanol–water partition coefficient (Wildman–Crippen LogP) is 3.81. The van der Waals surface area contributed by atoms with Crippen molar-refractivity contribution in [1.29, 1.82) is 0 Å². The van der Waals surface area contributed by atoms with Crippen molar-refractivity contribution in [2.45, 2.75) is 36.6 Å². The number of benzene rings is 2. The average molecular weight is 486 g/mol. The van der Waals surface area contributed by atoms with E-state index >= 15 is 0 Å². The lowest BCUT2D eigenvalue weighted by atomic mass is 9.99. The highest BCUT2D eigenvalue weighted by molar-refractivity contribution is 7.89. The fraction of sp³-hybridized carbons (Fsp3) is 0.409. The molecule has 178 valence electrons. The van der Waals surface area contributed by atoms with Crippen LogP contribution in [0, 0.1) is 12.7 Å². The molecule has 1 spiro atoms. The van der Waals surface area contributed by atoms with Gasteiger partial charge in [0.15, 0.2) is 0 Å². The number of amides is 1. The first kappa shape index (κ1) is 23.7. The molecule has 0 bridgehead atoms. The van der Waals surface area contributed by atoms with Gasteiger partial charge in [-0.15, -0.1) is 0 Å². The Morgan fingerprint density at radius 2 is 1.76 bits per heavy atom. The number of carbonyl (C=O) groups is 1. The van der Waals surface area contributed by atoms with Crippen molar-refractivity contribution in [1.82, 2.24) is 9.21 Å². The van der Waals surface area contributed by atoms with Crippen LogP contribution < -0.4 is 0 Å². The molecule has 2 aromatic rings. The Labute approximate surface area is 188 Å². The van der Waals surface area contributed by atoms with Gasteiger partial charge in [-0.25, -0.2) is 12.8 Å². The van der Waals surface area contributed by atoms with Crippen LogP contribution in [0.4, 0.5) is 17.6 Å². The van der Waals surface area contributed by atoms with Crippen LogP contribution in [0.5, 0.6) is 0 Å². The van der Waals surface area contributed by atoms with Crippen LogP contribution in [0.15, 0.2) is 47.4 Å². The number of sulfonamides is 1. The maximum Gasteiger partial charge on any atom is 0.416 e. The van der Waals surface area contributed by atoms with Crippen LogP contribution in [0.3, 0.4) is 0 Å². The number of piperidine rings is 1. The number of halogens is 4. The monoisotopic (exact) mass is 486 g/mol. The zero-order valence-electron chi connectivity index (χ0n) is 17.7. The summed E-state index contributed by atoms with van der Waals surface area (Å²) in [7, 11) is -3.98. The third kappa shape index (κ3) is 4.36. The van der Waals surface area contributed by atoms with E-state index in [1.165, 1.54) is 40.4 Å². The van der Waals surface area contributed by atoms with Crippen molar-refractivity contribution >= 4 is 15.9 Å². The summed E-state index contributed by atoms with van der Waals surface area (Å²) in [6, 6.07) is 7.78. The molecule has 0 atom stereocenters. The Balaban J connectivity index is 1.52. The van der Waals surface area contributed by atoms with Crippen molar-refractivity contribution in [3.05, 3.63) is 65.0 Å². The second-order valence-electron chi connectivity index (χ2n) is 8.15. The number of nitrogens with zero attached hydrogens (tertiary/aromatic N) is 2. The number of hydrogen-bond acceptors (Lipinski definition) is 4. The lowest BCUT2D eigenvalue weighted by molar-refractivity contribution is -0.137. The Morgan fingerprint density at radius 1 is 1.06 bits per heavy atom. The summed E-state index contributed by atoms with van der Waals surface area (Å²) in [4.78, 5) is 14.2. The molecule has 0 aromatic heterocycles. The third-order valence-corrected chi connectivity index (χ3v) is 8.05. The van der Waals surface area contributed by atoms with E-state index in [-0.39, 0.29) is 55.1 Å². The summed E-state index contributed by atoms with van der Waals surface area (Å²) in [5.41, 5.74) is -1.95. The molecule has 2 saturated heterocycles. The van der Waals surface area contributed by atoms with E-state index in [1.807, 2.05) is 0 Å². The SMILES string of the molecule is Cc1cc(S(=O)(=O)N2CCOC23CCN(C(=O)c2cccc(C(F)(F)F)c2)CC3)ccc1F. The number of carbonyl (C=O) groups excluding carboxylic acids is 1. The van der Waals surface area contributed by atoms with E-state index in [1.54, 1.807) is 0 Å². The Hall–Kier alpha value is -2.50. The molecule has 33 heavy (non-hydrogen) atoms. The Morgan fingerprint density at radius 3 is 2.39 bits per heavy atom. The third-order valence-electron chi connectivity index (χ3n) is 6.11. The summed E-state index contributed by atoms with van der Waals surface area (Å²) >= 11 is 0. The fourth-order valence-corrected chi connectivity index (χ4v) is 6.11.